The van der Waals surface area contributed by atoms with Crippen molar-refractivity contribution in [2.24, 2.45) is 11.8 Å². The van der Waals surface area contributed by atoms with E-state index in [1.165, 1.54) is 12.1 Å². The van der Waals surface area contributed by atoms with Crippen LogP contribution in [0.15, 0.2) is 18.2 Å². The normalized spacial score (nSPS) is 30.3. The Labute approximate surface area is 105 Å². The summed E-state index contributed by atoms with van der Waals surface area (Å²) in [4.78, 5) is 2.08. The predicted octanol–water partition coefficient (Wildman–Crippen LogP) is 1.90. The Balaban J connectivity index is 1.85. The number of nitriles is 1. The SMILES string of the molecule is N#Cc1cc(F)cc(N2CC3CCC(O)C3C2)c1. The van der Waals surface area contributed by atoms with Crippen molar-refractivity contribution >= 4 is 5.69 Å². The summed E-state index contributed by atoms with van der Waals surface area (Å²) in [5.74, 6) is 0.439. The van der Waals surface area contributed by atoms with Gasteiger partial charge in [-0.05, 0) is 37.0 Å². The Morgan fingerprint density at radius 1 is 1.28 bits per heavy atom. The lowest BCUT2D eigenvalue weighted by atomic mass is 10.00. The lowest BCUT2D eigenvalue weighted by Crippen LogP contribution is -2.24. The van der Waals surface area contributed by atoms with Crippen LogP contribution in [0.25, 0.3) is 0 Å². The Morgan fingerprint density at radius 3 is 2.83 bits per heavy atom. The molecule has 1 aliphatic carbocycles. The Bertz CT molecular complexity index is 511. The van der Waals surface area contributed by atoms with E-state index in [4.69, 9.17) is 5.26 Å². The maximum Gasteiger partial charge on any atom is 0.126 e. The molecule has 3 rings (SSSR count). The van der Waals surface area contributed by atoms with Crippen LogP contribution >= 0.6 is 0 Å². The fourth-order valence-electron chi connectivity index (χ4n) is 3.27. The molecular weight excluding hydrogens is 231 g/mol. The first-order chi connectivity index (χ1) is 8.67. The molecule has 1 aromatic rings. The van der Waals surface area contributed by atoms with Gasteiger partial charge in [0.1, 0.15) is 5.82 Å². The van der Waals surface area contributed by atoms with Crippen molar-refractivity contribution in [2.45, 2.75) is 18.9 Å². The van der Waals surface area contributed by atoms with Gasteiger partial charge in [-0.15, -0.1) is 0 Å². The monoisotopic (exact) mass is 246 g/mol. The van der Waals surface area contributed by atoms with Crippen LogP contribution in [-0.4, -0.2) is 24.3 Å². The number of hydrogen-bond acceptors (Lipinski definition) is 3. The molecule has 1 saturated heterocycles. The lowest BCUT2D eigenvalue weighted by Gasteiger charge is -2.20. The summed E-state index contributed by atoms with van der Waals surface area (Å²) < 4.78 is 13.4. The number of hydrogen-bond donors (Lipinski definition) is 1. The maximum atomic E-state index is 13.4. The van der Waals surface area contributed by atoms with Crippen LogP contribution in [0.3, 0.4) is 0 Å². The van der Waals surface area contributed by atoms with E-state index in [-0.39, 0.29) is 11.9 Å². The Kier molecular flexibility index (Phi) is 2.71. The van der Waals surface area contributed by atoms with Crippen molar-refractivity contribution in [3.8, 4) is 6.07 Å². The zero-order valence-electron chi connectivity index (χ0n) is 10.0. The molecule has 1 heterocycles. The summed E-state index contributed by atoms with van der Waals surface area (Å²) >= 11 is 0. The molecule has 3 unspecified atom stereocenters. The maximum absolute atomic E-state index is 13.4. The van der Waals surface area contributed by atoms with E-state index in [1.54, 1.807) is 6.07 Å². The molecule has 2 aliphatic rings. The highest BCUT2D eigenvalue weighted by molar-refractivity contribution is 5.53. The molecule has 1 saturated carbocycles. The highest BCUT2D eigenvalue weighted by Gasteiger charge is 2.41. The highest BCUT2D eigenvalue weighted by Crippen LogP contribution is 2.40. The third-order valence-electron chi connectivity index (χ3n) is 4.20. The summed E-state index contributed by atoms with van der Waals surface area (Å²) in [7, 11) is 0. The van der Waals surface area contributed by atoms with E-state index in [9.17, 15) is 9.50 Å². The quantitative estimate of drug-likeness (QED) is 0.823. The molecule has 0 bridgehead atoms. The van der Waals surface area contributed by atoms with Crippen LogP contribution in [0.4, 0.5) is 10.1 Å². The van der Waals surface area contributed by atoms with Gasteiger partial charge in [0.05, 0.1) is 17.7 Å². The standard InChI is InChI=1S/C14H15FN2O/c15-11-3-9(6-16)4-12(5-11)17-7-10-1-2-14(18)13(10)8-17/h3-5,10,13-14,18H,1-2,7-8H2. The second-order valence-electron chi connectivity index (χ2n) is 5.28. The highest BCUT2D eigenvalue weighted by atomic mass is 19.1. The molecule has 0 spiro atoms. The fraction of sp³-hybridized carbons (Fsp3) is 0.500. The molecule has 0 radical (unpaired) electrons. The average Bonchev–Trinajstić information content (AvgIpc) is 2.91. The van der Waals surface area contributed by atoms with Crippen LogP contribution in [-0.2, 0) is 0 Å². The van der Waals surface area contributed by atoms with E-state index < -0.39 is 0 Å². The van der Waals surface area contributed by atoms with E-state index in [2.05, 4.69) is 4.90 Å². The minimum Gasteiger partial charge on any atom is -0.393 e. The average molecular weight is 246 g/mol. The van der Waals surface area contributed by atoms with Crippen molar-refractivity contribution in [3.05, 3.63) is 29.6 Å². The predicted molar refractivity (Wildman–Crippen MR) is 65.5 cm³/mol. The second-order valence-corrected chi connectivity index (χ2v) is 5.28. The number of aliphatic hydroxyl groups is 1. The van der Waals surface area contributed by atoms with Crippen LogP contribution in [0.1, 0.15) is 18.4 Å². The first kappa shape index (κ1) is 11.5. The Morgan fingerprint density at radius 2 is 2.11 bits per heavy atom. The summed E-state index contributed by atoms with van der Waals surface area (Å²) in [6, 6.07) is 6.41. The van der Waals surface area contributed by atoms with Gasteiger partial charge in [0, 0.05) is 24.7 Å². The lowest BCUT2D eigenvalue weighted by molar-refractivity contribution is 0.133. The second kappa shape index (κ2) is 4.25. The topological polar surface area (TPSA) is 47.3 Å². The summed E-state index contributed by atoms with van der Waals surface area (Å²) in [5, 5.41) is 18.7. The van der Waals surface area contributed by atoms with Crippen LogP contribution < -0.4 is 4.90 Å². The van der Waals surface area contributed by atoms with Gasteiger partial charge in [-0.3, -0.25) is 0 Å². The molecule has 1 aromatic carbocycles. The van der Waals surface area contributed by atoms with Crippen molar-refractivity contribution in [1.29, 1.82) is 5.26 Å². The molecule has 1 aliphatic heterocycles. The summed E-state index contributed by atoms with van der Waals surface area (Å²) in [5.41, 5.74) is 1.11. The molecule has 0 amide bonds. The zero-order valence-corrected chi connectivity index (χ0v) is 10.0. The van der Waals surface area contributed by atoms with Gasteiger partial charge in [0.15, 0.2) is 0 Å². The van der Waals surface area contributed by atoms with E-state index in [1.807, 2.05) is 6.07 Å². The number of anilines is 1. The third kappa shape index (κ3) is 1.85. The molecule has 4 heteroatoms. The number of halogens is 1. The number of fused-ring (bicyclic) bond motifs is 1. The van der Waals surface area contributed by atoms with Gasteiger partial charge in [0.25, 0.3) is 0 Å². The Hall–Kier alpha value is -1.60. The van der Waals surface area contributed by atoms with Gasteiger partial charge in [-0.25, -0.2) is 4.39 Å². The minimum atomic E-state index is -0.373. The molecule has 94 valence electrons. The van der Waals surface area contributed by atoms with E-state index in [0.29, 0.717) is 17.4 Å². The number of benzene rings is 1. The number of rotatable bonds is 1. The van der Waals surface area contributed by atoms with Crippen molar-refractivity contribution in [3.63, 3.8) is 0 Å². The largest absolute Gasteiger partial charge is 0.393 e. The molecule has 3 nitrogen and oxygen atoms in total. The van der Waals surface area contributed by atoms with Crippen LogP contribution in [0.2, 0.25) is 0 Å². The minimum absolute atomic E-state index is 0.219. The smallest absolute Gasteiger partial charge is 0.126 e. The third-order valence-corrected chi connectivity index (χ3v) is 4.20. The van der Waals surface area contributed by atoms with Gasteiger partial charge in [-0.2, -0.15) is 5.26 Å². The van der Waals surface area contributed by atoms with Gasteiger partial charge in [-0.1, -0.05) is 0 Å². The number of aliphatic hydroxyl groups excluding tert-OH is 1. The van der Waals surface area contributed by atoms with Crippen molar-refractivity contribution < 1.29 is 9.50 Å². The van der Waals surface area contributed by atoms with Crippen LogP contribution in [0, 0.1) is 29.0 Å². The zero-order chi connectivity index (χ0) is 12.7. The molecule has 2 fully saturated rings. The van der Waals surface area contributed by atoms with E-state index >= 15 is 0 Å². The van der Waals surface area contributed by atoms with Gasteiger partial charge >= 0.3 is 0 Å². The summed E-state index contributed by atoms with van der Waals surface area (Å²) in [6.45, 7) is 1.62. The molecule has 3 atom stereocenters. The van der Waals surface area contributed by atoms with E-state index in [0.717, 1.165) is 31.6 Å². The van der Waals surface area contributed by atoms with Gasteiger partial charge < -0.3 is 10.0 Å². The first-order valence-corrected chi connectivity index (χ1v) is 6.31. The number of nitrogens with zero attached hydrogens (tertiary/aromatic N) is 2. The fourth-order valence-corrected chi connectivity index (χ4v) is 3.27. The molecule has 1 N–H and O–H groups in total. The van der Waals surface area contributed by atoms with Crippen LogP contribution in [0.5, 0.6) is 0 Å². The summed E-state index contributed by atoms with van der Waals surface area (Å²) in [6.07, 6.45) is 1.71. The van der Waals surface area contributed by atoms with Crippen molar-refractivity contribution in [2.75, 3.05) is 18.0 Å². The molecule has 18 heavy (non-hydrogen) atoms. The van der Waals surface area contributed by atoms with Crippen molar-refractivity contribution in [1.82, 2.24) is 0 Å². The van der Waals surface area contributed by atoms with Gasteiger partial charge in [0.2, 0.25) is 0 Å². The molecular formula is C14H15FN2O. The molecule has 0 aromatic heterocycles. The first-order valence-electron chi connectivity index (χ1n) is 6.31.